The molecule has 1 aromatic carbocycles. The van der Waals surface area contributed by atoms with Gasteiger partial charge in [0.2, 0.25) is 0 Å². The van der Waals surface area contributed by atoms with Crippen LogP contribution in [-0.2, 0) is 4.74 Å². The Hall–Kier alpha value is -1.13. The highest BCUT2D eigenvalue weighted by atomic mass is 19.1. The number of nitrogens with one attached hydrogen (secondary N) is 1. The molecule has 0 saturated carbocycles. The second-order valence-corrected chi connectivity index (χ2v) is 4.84. The van der Waals surface area contributed by atoms with Gasteiger partial charge in [0.25, 0.3) is 0 Å². The van der Waals surface area contributed by atoms with E-state index in [0.29, 0.717) is 23.9 Å². The lowest BCUT2D eigenvalue weighted by Gasteiger charge is -2.21. The quantitative estimate of drug-likeness (QED) is 0.879. The first-order valence-electron chi connectivity index (χ1n) is 6.33. The Bertz CT molecular complexity index is 411. The van der Waals surface area contributed by atoms with Crippen LogP contribution in [0.1, 0.15) is 31.9 Å². The molecule has 3 atom stereocenters. The predicted octanol–water partition coefficient (Wildman–Crippen LogP) is 2.66. The summed E-state index contributed by atoms with van der Waals surface area (Å²) in [6.45, 7) is 4.73. The average Bonchev–Trinajstić information content (AvgIpc) is 2.49. The third kappa shape index (κ3) is 2.82. The normalized spacial score (nSPS) is 28.8. The van der Waals surface area contributed by atoms with Crippen molar-refractivity contribution in [1.82, 2.24) is 5.32 Å². The van der Waals surface area contributed by atoms with E-state index in [-0.39, 0.29) is 18.0 Å². The Labute approximate surface area is 107 Å². The third-order valence-corrected chi connectivity index (χ3v) is 3.29. The van der Waals surface area contributed by atoms with Crippen LogP contribution < -0.4 is 10.1 Å². The number of benzene rings is 1. The van der Waals surface area contributed by atoms with Crippen LogP contribution in [0.4, 0.5) is 4.39 Å². The Morgan fingerprint density at radius 1 is 1.39 bits per heavy atom. The van der Waals surface area contributed by atoms with E-state index in [1.165, 1.54) is 6.07 Å². The number of hydrogen-bond acceptors (Lipinski definition) is 3. The predicted molar refractivity (Wildman–Crippen MR) is 68.3 cm³/mol. The zero-order valence-corrected chi connectivity index (χ0v) is 11.1. The van der Waals surface area contributed by atoms with Gasteiger partial charge in [-0.2, -0.15) is 0 Å². The number of halogens is 1. The van der Waals surface area contributed by atoms with E-state index in [0.717, 1.165) is 6.42 Å². The molecule has 100 valence electrons. The smallest absolute Gasteiger partial charge is 0.132 e. The first kappa shape index (κ1) is 13.3. The molecule has 1 heterocycles. The van der Waals surface area contributed by atoms with Crippen molar-refractivity contribution in [2.24, 2.45) is 0 Å². The zero-order valence-electron chi connectivity index (χ0n) is 11.1. The third-order valence-electron chi connectivity index (χ3n) is 3.29. The highest BCUT2D eigenvalue weighted by molar-refractivity contribution is 5.36. The molecule has 0 aliphatic carbocycles. The fraction of sp³-hybridized carbons (Fsp3) is 0.571. The fourth-order valence-electron chi connectivity index (χ4n) is 2.45. The van der Waals surface area contributed by atoms with Crippen LogP contribution in [0.3, 0.4) is 0 Å². The van der Waals surface area contributed by atoms with Crippen molar-refractivity contribution in [3.05, 3.63) is 29.6 Å². The molecule has 1 aromatic rings. The molecule has 3 unspecified atom stereocenters. The van der Waals surface area contributed by atoms with Gasteiger partial charge in [0, 0.05) is 12.6 Å². The van der Waals surface area contributed by atoms with Crippen LogP contribution >= 0.6 is 0 Å². The average molecular weight is 253 g/mol. The summed E-state index contributed by atoms with van der Waals surface area (Å²) in [5.41, 5.74) is 0.508. The van der Waals surface area contributed by atoms with Gasteiger partial charge in [-0.1, -0.05) is 6.07 Å². The SMILES string of the molecule is COc1cccc(F)c1C1CNC(C)CC(C)O1. The lowest BCUT2D eigenvalue weighted by molar-refractivity contribution is 0.00419. The molecule has 0 radical (unpaired) electrons. The van der Waals surface area contributed by atoms with Crippen molar-refractivity contribution < 1.29 is 13.9 Å². The van der Waals surface area contributed by atoms with Crippen molar-refractivity contribution in [3.63, 3.8) is 0 Å². The standard InChI is InChI=1S/C14H20FNO2/c1-9-7-10(2)18-13(8-16-9)14-11(15)5-4-6-12(14)17-3/h4-6,9-10,13,16H,7-8H2,1-3H3. The van der Waals surface area contributed by atoms with Gasteiger partial charge < -0.3 is 14.8 Å². The molecule has 1 aliphatic rings. The summed E-state index contributed by atoms with van der Waals surface area (Å²) < 4.78 is 25.1. The van der Waals surface area contributed by atoms with Crippen molar-refractivity contribution in [3.8, 4) is 5.75 Å². The number of rotatable bonds is 2. The van der Waals surface area contributed by atoms with E-state index in [4.69, 9.17) is 9.47 Å². The molecule has 4 heteroatoms. The molecular formula is C14H20FNO2. The molecule has 0 amide bonds. The number of ether oxygens (including phenoxy) is 2. The molecule has 0 bridgehead atoms. The highest BCUT2D eigenvalue weighted by Crippen LogP contribution is 2.32. The van der Waals surface area contributed by atoms with Crippen molar-refractivity contribution >= 4 is 0 Å². The van der Waals surface area contributed by atoms with Crippen LogP contribution in [-0.4, -0.2) is 25.8 Å². The van der Waals surface area contributed by atoms with E-state index in [1.54, 1.807) is 19.2 Å². The van der Waals surface area contributed by atoms with Crippen molar-refractivity contribution in [1.29, 1.82) is 0 Å². The Morgan fingerprint density at radius 3 is 2.89 bits per heavy atom. The van der Waals surface area contributed by atoms with Gasteiger partial charge in [-0.25, -0.2) is 4.39 Å². The summed E-state index contributed by atoms with van der Waals surface area (Å²) in [5.74, 6) is 0.270. The van der Waals surface area contributed by atoms with Crippen molar-refractivity contribution in [2.45, 2.75) is 38.5 Å². The summed E-state index contributed by atoms with van der Waals surface area (Å²) in [6, 6.07) is 5.23. The summed E-state index contributed by atoms with van der Waals surface area (Å²) in [5, 5.41) is 3.35. The minimum Gasteiger partial charge on any atom is -0.496 e. The van der Waals surface area contributed by atoms with Gasteiger partial charge in [-0.05, 0) is 32.4 Å². The van der Waals surface area contributed by atoms with Gasteiger partial charge in [0.15, 0.2) is 0 Å². The van der Waals surface area contributed by atoms with Gasteiger partial charge >= 0.3 is 0 Å². The first-order valence-corrected chi connectivity index (χ1v) is 6.33. The van der Waals surface area contributed by atoms with Gasteiger partial charge in [-0.15, -0.1) is 0 Å². The largest absolute Gasteiger partial charge is 0.496 e. The minimum absolute atomic E-state index is 0.101. The second-order valence-electron chi connectivity index (χ2n) is 4.84. The van der Waals surface area contributed by atoms with Crippen LogP contribution in [0.25, 0.3) is 0 Å². The zero-order chi connectivity index (χ0) is 13.1. The van der Waals surface area contributed by atoms with Gasteiger partial charge in [0.1, 0.15) is 17.7 Å². The minimum atomic E-state index is -0.305. The van der Waals surface area contributed by atoms with E-state index in [2.05, 4.69) is 12.2 Å². The maximum atomic E-state index is 14.0. The Morgan fingerprint density at radius 2 is 2.17 bits per heavy atom. The lowest BCUT2D eigenvalue weighted by Crippen LogP contribution is -2.28. The molecule has 1 fully saturated rings. The molecule has 1 aliphatic heterocycles. The summed E-state index contributed by atoms with van der Waals surface area (Å²) >= 11 is 0. The maximum Gasteiger partial charge on any atom is 0.132 e. The molecular weight excluding hydrogens is 233 g/mol. The summed E-state index contributed by atoms with van der Waals surface area (Å²) in [4.78, 5) is 0. The molecule has 1 N–H and O–H groups in total. The lowest BCUT2D eigenvalue weighted by atomic mass is 10.1. The van der Waals surface area contributed by atoms with E-state index >= 15 is 0 Å². The van der Waals surface area contributed by atoms with E-state index in [1.807, 2.05) is 6.92 Å². The maximum absolute atomic E-state index is 14.0. The molecule has 2 rings (SSSR count). The van der Waals surface area contributed by atoms with Crippen LogP contribution in [0.5, 0.6) is 5.75 Å². The van der Waals surface area contributed by atoms with E-state index in [9.17, 15) is 4.39 Å². The molecule has 1 saturated heterocycles. The number of methoxy groups -OCH3 is 1. The fourth-order valence-corrected chi connectivity index (χ4v) is 2.45. The first-order chi connectivity index (χ1) is 8.61. The number of hydrogen-bond donors (Lipinski definition) is 1. The Kier molecular flexibility index (Phi) is 4.19. The van der Waals surface area contributed by atoms with Crippen LogP contribution in [0, 0.1) is 5.82 Å². The van der Waals surface area contributed by atoms with Gasteiger partial charge in [-0.3, -0.25) is 0 Å². The van der Waals surface area contributed by atoms with Gasteiger partial charge in [0.05, 0.1) is 18.8 Å². The van der Waals surface area contributed by atoms with E-state index < -0.39 is 0 Å². The molecule has 18 heavy (non-hydrogen) atoms. The summed E-state index contributed by atoms with van der Waals surface area (Å²) in [6.07, 6.45) is 0.721. The highest BCUT2D eigenvalue weighted by Gasteiger charge is 2.26. The monoisotopic (exact) mass is 253 g/mol. The summed E-state index contributed by atoms with van der Waals surface area (Å²) in [7, 11) is 1.55. The molecule has 0 spiro atoms. The van der Waals surface area contributed by atoms with Crippen molar-refractivity contribution in [2.75, 3.05) is 13.7 Å². The topological polar surface area (TPSA) is 30.5 Å². The van der Waals surface area contributed by atoms with Crippen LogP contribution in [0.15, 0.2) is 18.2 Å². The molecule has 0 aromatic heterocycles. The Balaban J connectivity index is 2.30. The van der Waals surface area contributed by atoms with Crippen LogP contribution in [0.2, 0.25) is 0 Å². The second kappa shape index (κ2) is 5.67. The molecule has 3 nitrogen and oxygen atoms in total.